The summed E-state index contributed by atoms with van der Waals surface area (Å²) in [5.41, 5.74) is 0.438. The predicted molar refractivity (Wildman–Crippen MR) is 67.9 cm³/mol. The Balaban J connectivity index is 1.82. The van der Waals surface area contributed by atoms with Crippen molar-refractivity contribution in [3.05, 3.63) is 42.0 Å². The summed E-state index contributed by atoms with van der Waals surface area (Å²) in [5.74, 6) is 0.948. The van der Waals surface area contributed by atoms with Gasteiger partial charge in [0.1, 0.15) is 23.2 Å². The minimum Gasteiger partial charge on any atom is -0.487 e. The Bertz CT molecular complexity index is 539. The minimum atomic E-state index is -0.222. The van der Waals surface area contributed by atoms with Gasteiger partial charge in [-0.25, -0.2) is 0 Å². The Morgan fingerprint density at radius 2 is 2.37 bits per heavy atom. The molecular formula is C13H15N3O3. The quantitative estimate of drug-likeness (QED) is 0.884. The molecule has 6 heteroatoms. The van der Waals surface area contributed by atoms with E-state index in [1.807, 2.05) is 13.0 Å². The van der Waals surface area contributed by atoms with Crippen molar-refractivity contribution in [3.63, 3.8) is 0 Å². The van der Waals surface area contributed by atoms with E-state index in [4.69, 9.17) is 9.26 Å². The standard InChI is InChI=1S/C13H15N3O3/c1-9(18-11-4-3-5-14-7-11)6-15-13(17)12-8-16-19-10(12)2/h3-5,7-9H,6H2,1-2H3,(H,15,17)/t9-/m1/s1. The molecule has 2 aromatic rings. The summed E-state index contributed by atoms with van der Waals surface area (Å²) in [5, 5.41) is 6.32. The van der Waals surface area contributed by atoms with Gasteiger partial charge in [0.2, 0.25) is 0 Å². The molecule has 2 rings (SSSR count). The molecule has 1 N–H and O–H groups in total. The van der Waals surface area contributed by atoms with Crippen LogP contribution in [-0.4, -0.2) is 28.7 Å². The van der Waals surface area contributed by atoms with Crippen LogP contribution in [0.3, 0.4) is 0 Å². The third-order valence-electron chi connectivity index (χ3n) is 2.52. The summed E-state index contributed by atoms with van der Waals surface area (Å²) in [7, 11) is 0. The first-order chi connectivity index (χ1) is 9.16. The van der Waals surface area contributed by atoms with Gasteiger partial charge in [-0.05, 0) is 26.0 Å². The third-order valence-corrected chi connectivity index (χ3v) is 2.52. The van der Waals surface area contributed by atoms with E-state index in [9.17, 15) is 4.79 Å². The smallest absolute Gasteiger partial charge is 0.256 e. The maximum atomic E-state index is 11.8. The maximum absolute atomic E-state index is 11.8. The Morgan fingerprint density at radius 3 is 3.00 bits per heavy atom. The van der Waals surface area contributed by atoms with Crippen molar-refractivity contribution in [1.29, 1.82) is 0 Å². The summed E-state index contributed by atoms with van der Waals surface area (Å²) in [6.07, 6.45) is 4.54. The SMILES string of the molecule is Cc1oncc1C(=O)NC[C@@H](C)Oc1cccnc1. The average molecular weight is 261 g/mol. The van der Waals surface area contributed by atoms with Gasteiger partial charge in [0.15, 0.2) is 0 Å². The average Bonchev–Trinajstić information content (AvgIpc) is 2.83. The molecule has 0 unspecified atom stereocenters. The Hall–Kier alpha value is -2.37. The first kappa shape index (κ1) is 13.1. The summed E-state index contributed by atoms with van der Waals surface area (Å²) in [4.78, 5) is 15.8. The molecule has 100 valence electrons. The zero-order valence-corrected chi connectivity index (χ0v) is 10.8. The lowest BCUT2D eigenvalue weighted by atomic mass is 10.2. The second-order valence-corrected chi connectivity index (χ2v) is 4.12. The van der Waals surface area contributed by atoms with Crippen LogP contribution < -0.4 is 10.1 Å². The molecule has 0 aliphatic heterocycles. The molecule has 1 atom stereocenters. The van der Waals surface area contributed by atoms with Gasteiger partial charge in [0.05, 0.1) is 18.9 Å². The lowest BCUT2D eigenvalue weighted by Crippen LogP contribution is -2.33. The van der Waals surface area contributed by atoms with Crippen LogP contribution in [0.5, 0.6) is 5.75 Å². The van der Waals surface area contributed by atoms with Crippen LogP contribution in [0.15, 0.2) is 35.2 Å². The monoisotopic (exact) mass is 261 g/mol. The normalized spacial score (nSPS) is 11.9. The molecule has 19 heavy (non-hydrogen) atoms. The van der Waals surface area contributed by atoms with Crippen molar-refractivity contribution in [1.82, 2.24) is 15.5 Å². The highest BCUT2D eigenvalue weighted by Gasteiger charge is 2.13. The molecule has 0 spiro atoms. The number of aromatic nitrogens is 2. The van der Waals surface area contributed by atoms with Gasteiger partial charge in [-0.1, -0.05) is 5.16 Å². The molecule has 1 amide bonds. The van der Waals surface area contributed by atoms with Crippen molar-refractivity contribution < 1.29 is 14.1 Å². The fourth-order valence-electron chi connectivity index (χ4n) is 1.54. The third kappa shape index (κ3) is 3.54. The highest BCUT2D eigenvalue weighted by molar-refractivity contribution is 5.94. The Kier molecular flexibility index (Phi) is 4.12. The molecule has 0 bridgehead atoms. The number of pyridine rings is 1. The van der Waals surface area contributed by atoms with Crippen LogP contribution >= 0.6 is 0 Å². The number of hydrogen-bond acceptors (Lipinski definition) is 5. The van der Waals surface area contributed by atoms with Crippen molar-refractivity contribution in [2.24, 2.45) is 0 Å². The van der Waals surface area contributed by atoms with E-state index >= 15 is 0 Å². The summed E-state index contributed by atoms with van der Waals surface area (Å²) in [6.45, 7) is 3.95. The molecule has 2 heterocycles. The summed E-state index contributed by atoms with van der Waals surface area (Å²) >= 11 is 0. The van der Waals surface area contributed by atoms with E-state index in [2.05, 4.69) is 15.5 Å². The summed E-state index contributed by atoms with van der Waals surface area (Å²) < 4.78 is 10.4. The van der Waals surface area contributed by atoms with Crippen molar-refractivity contribution in [2.75, 3.05) is 6.54 Å². The van der Waals surface area contributed by atoms with Gasteiger partial charge in [-0.3, -0.25) is 9.78 Å². The van der Waals surface area contributed by atoms with Gasteiger partial charge < -0.3 is 14.6 Å². The molecule has 0 saturated carbocycles. The zero-order chi connectivity index (χ0) is 13.7. The molecule has 0 aliphatic carbocycles. The van der Waals surface area contributed by atoms with E-state index in [1.54, 1.807) is 25.4 Å². The van der Waals surface area contributed by atoms with E-state index in [-0.39, 0.29) is 12.0 Å². The van der Waals surface area contributed by atoms with Gasteiger partial charge in [0, 0.05) is 6.20 Å². The second kappa shape index (κ2) is 5.99. The molecule has 0 fully saturated rings. The fourth-order valence-corrected chi connectivity index (χ4v) is 1.54. The molecule has 0 aliphatic rings. The molecule has 6 nitrogen and oxygen atoms in total. The molecule has 0 radical (unpaired) electrons. The lowest BCUT2D eigenvalue weighted by molar-refractivity contribution is 0.0930. The number of nitrogens with zero attached hydrogens (tertiary/aromatic N) is 2. The maximum Gasteiger partial charge on any atom is 0.256 e. The second-order valence-electron chi connectivity index (χ2n) is 4.12. The van der Waals surface area contributed by atoms with Crippen molar-refractivity contribution >= 4 is 5.91 Å². The van der Waals surface area contributed by atoms with Gasteiger partial charge in [0.25, 0.3) is 5.91 Å². The number of amides is 1. The molecule has 2 aromatic heterocycles. The topological polar surface area (TPSA) is 77.2 Å². The van der Waals surface area contributed by atoms with Crippen LogP contribution in [0.25, 0.3) is 0 Å². The zero-order valence-electron chi connectivity index (χ0n) is 10.8. The van der Waals surface area contributed by atoms with Crippen LogP contribution in [-0.2, 0) is 0 Å². The van der Waals surface area contributed by atoms with E-state index in [0.717, 1.165) is 0 Å². The van der Waals surface area contributed by atoms with Crippen LogP contribution in [0.4, 0.5) is 0 Å². The number of ether oxygens (including phenoxy) is 1. The first-order valence-corrected chi connectivity index (χ1v) is 5.93. The first-order valence-electron chi connectivity index (χ1n) is 5.93. The van der Waals surface area contributed by atoms with E-state index < -0.39 is 0 Å². The minimum absolute atomic E-state index is 0.159. The van der Waals surface area contributed by atoms with Crippen molar-refractivity contribution in [3.8, 4) is 5.75 Å². The highest BCUT2D eigenvalue weighted by atomic mass is 16.5. The number of carbonyl (C=O) groups excluding carboxylic acids is 1. The Labute approximate surface area is 110 Å². The number of rotatable bonds is 5. The number of aryl methyl sites for hydroxylation is 1. The van der Waals surface area contributed by atoms with Gasteiger partial charge in [-0.2, -0.15) is 0 Å². The Morgan fingerprint density at radius 1 is 1.53 bits per heavy atom. The lowest BCUT2D eigenvalue weighted by Gasteiger charge is -2.14. The van der Waals surface area contributed by atoms with Gasteiger partial charge in [-0.15, -0.1) is 0 Å². The molecule has 0 saturated heterocycles. The highest BCUT2D eigenvalue weighted by Crippen LogP contribution is 2.09. The molecule has 0 aromatic carbocycles. The van der Waals surface area contributed by atoms with Crippen LogP contribution in [0.2, 0.25) is 0 Å². The summed E-state index contributed by atoms with van der Waals surface area (Å²) in [6, 6.07) is 3.61. The molecular weight excluding hydrogens is 246 g/mol. The van der Waals surface area contributed by atoms with Crippen LogP contribution in [0, 0.1) is 6.92 Å². The number of nitrogens with one attached hydrogen (secondary N) is 1. The predicted octanol–water partition coefficient (Wildman–Crippen LogP) is 1.58. The van der Waals surface area contributed by atoms with Gasteiger partial charge >= 0.3 is 0 Å². The van der Waals surface area contributed by atoms with E-state index in [1.165, 1.54) is 6.20 Å². The van der Waals surface area contributed by atoms with Crippen molar-refractivity contribution in [2.45, 2.75) is 20.0 Å². The van der Waals surface area contributed by atoms with E-state index in [0.29, 0.717) is 23.6 Å². The fraction of sp³-hybridized carbons (Fsp3) is 0.308. The number of carbonyl (C=O) groups is 1. The van der Waals surface area contributed by atoms with Crippen LogP contribution in [0.1, 0.15) is 23.0 Å². The largest absolute Gasteiger partial charge is 0.487 e. The number of hydrogen-bond donors (Lipinski definition) is 1.